The number of aromatic hydroxyl groups is 1. The molecule has 104 valence electrons. The Morgan fingerprint density at radius 1 is 1.55 bits per heavy atom. The van der Waals surface area contributed by atoms with Crippen molar-refractivity contribution in [3.05, 3.63) is 39.4 Å². The number of hydrogen-bond acceptors (Lipinski definition) is 7. The zero-order chi connectivity index (χ0) is 14.7. The van der Waals surface area contributed by atoms with Gasteiger partial charge in [0.15, 0.2) is 10.8 Å². The lowest BCUT2D eigenvalue weighted by atomic mass is 10.2. The molecule has 0 aliphatic rings. The van der Waals surface area contributed by atoms with Crippen molar-refractivity contribution in [1.29, 1.82) is 0 Å². The smallest absolute Gasteiger partial charge is 0.296 e. The van der Waals surface area contributed by atoms with Crippen LogP contribution in [0.5, 0.6) is 5.75 Å². The standard InChI is InChI=1S/C11H10N4O4S/c12-11-13-6(5-20-11)4-9(17)14-10-7(15(18)19)2-1-3-8(10)16/h1-3,5,16H,4H2,(H2,12,13)(H,14,17). The number of nitrogen functional groups attached to an aromatic ring is 1. The number of nitro benzene ring substituents is 1. The summed E-state index contributed by atoms with van der Waals surface area (Å²) in [5.74, 6) is -0.898. The van der Waals surface area contributed by atoms with E-state index in [4.69, 9.17) is 5.73 Å². The van der Waals surface area contributed by atoms with E-state index >= 15 is 0 Å². The van der Waals surface area contributed by atoms with Crippen LogP contribution in [0.15, 0.2) is 23.6 Å². The third kappa shape index (κ3) is 3.01. The van der Waals surface area contributed by atoms with Crippen molar-refractivity contribution in [3.8, 4) is 5.75 Å². The molecule has 1 amide bonds. The van der Waals surface area contributed by atoms with Gasteiger partial charge in [-0.1, -0.05) is 6.07 Å². The molecule has 0 radical (unpaired) electrons. The van der Waals surface area contributed by atoms with Gasteiger partial charge in [0.2, 0.25) is 5.91 Å². The molecule has 8 nitrogen and oxygen atoms in total. The van der Waals surface area contributed by atoms with Crippen LogP contribution in [0, 0.1) is 10.1 Å². The Balaban J connectivity index is 2.17. The van der Waals surface area contributed by atoms with E-state index in [0.29, 0.717) is 10.8 Å². The molecule has 1 aromatic carbocycles. The molecule has 0 aliphatic heterocycles. The van der Waals surface area contributed by atoms with E-state index in [1.807, 2.05) is 0 Å². The molecule has 1 aromatic heterocycles. The number of phenolic OH excluding ortho intramolecular Hbond substituents is 1. The zero-order valence-electron chi connectivity index (χ0n) is 10.1. The van der Waals surface area contributed by atoms with Crippen LogP contribution in [-0.2, 0) is 11.2 Å². The monoisotopic (exact) mass is 294 g/mol. The first-order chi connectivity index (χ1) is 9.47. The second kappa shape index (κ2) is 5.53. The average molecular weight is 294 g/mol. The number of phenols is 1. The number of para-hydroxylation sites is 1. The molecular formula is C11H10N4O4S. The van der Waals surface area contributed by atoms with Gasteiger partial charge >= 0.3 is 0 Å². The second-order valence-electron chi connectivity index (χ2n) is 3.83. The molecular weight excluding hydrogens is 284 g/mol. The quantitative estimate of drug-likeness (QED) is 0.445. The summed E-state index contributed by atoms with van der Waals surface area (Å²) in [5, 5.41) is 24.7. The maximum Gasteiger partial charge on any atom is 0.296 e. The molecule has 0 saturated carbocycles. The lowest BCUT2D eigenvalue weighted by Gasteiger charge is -2.06. The van der Waals surface area contributed by atoms with Crippen molar-refractivity contribution in [2.75, 3.05) is 11.1 Å². The Hall–Kier alpha value is -2.68. The maximum absolute atomic E-state index is 11.8. The number of hydrogen-bond donors (Lipinski definition) is 3. The summed E-state index contributed by atoms with van der Waals surface area (Å²) in [7, 11) is 0. The topological polar surface area (TPSA) is 131 Å². The average Bonchev–Trinajstić information content (AvgIpc) is 2.77. The minimum absolute atomic E-state index is 0.0841. The molecule has 0 fully saturated rings. The molecule has 0 atom stereocenters. The van der Waals surface area contributed by atoms with Crippen LogP contribution < -0.4 is 11.1 Å². The highest BCUT2D eigenvalue weighted by Gasteiger charge is 2.19. The summed E-state index contributed by atoms with van der Waals surface area (Å²) in [6, 6.07) is 3.77. The van der Waals surface area contributed by atoms with E-state index in [-0.39, 0.29) is 23.5 Å². The van der Waals surface area contributed by atoms with Gasteiger partial charge in [-0.3, -0.25) is 14.9 Å². The summed E-state index contributed by atoms with van der Waals surface area (Å²) in [4.78, 5) is 25.9. The Kier molecular flexibility index (Phi) is 3.80. The molecule has 0 unspecified atom stereocenters. The summed E-state index contributed by atoms with van der Waals surface area (Å²) in [6.07, 6.45) is -0.0841. The minimum atomic E-state index is -0.684. The van der Waals surface area contributed by atoms with Crippen LogP contribution in [0.2, 0.25) is 0 Å². The summed E-state index contributed by atoms with van der Waals surface area (Å²) < 4.78 is 0. The number of aromatic nitrogens is 1. The fraction of sp³-hybridized carbons (Fsp3) is 0.0909. The van der Waals surface area contributed by atoms with Crippen LogP contribution >= 0.6 is 11.3 Å². The predicted octanol–water partition coefficient (Wildman–Crippen LogP) is 1.52. The van der Waals surface area contributed by atoms with Gasteiger partial charge in [-0.2, -0.15) is 0 Å². The molecule has 0 saturated heterocycles. The maximum atomic E-state index is 11.8. The predicted molar refractivity (Wildman–Crippen MR) is 73.6 cm³/mol. The highest BCUT2D eigenvalue weighted by atomic mass is 32.1. The van der Waals surface area contributed by atoms with Crippen molar-refractivity contribution in [2.24, 2.45) is 0 Å². The molecule has 4 N–H and O–H groups in total. The number of nitrogens with one attached hydrogen (secondary N) is 1. The molecule has 0 spiro atoms. The van der Waals surface area contributed by atoms with E-state index in [0.717, 1.165) is 0 Å². The molecule has 0 aliphatic carbocycles. The number of nitro groups is 1. The summed E-state index contributed by atoms with van der Waals surface area (Å²) in [5.41, 5.74) is 5.29. The Morgan fingerprint density at radius 3 is 2.90 bits per heavy atom. The number of thiazole rings is 1. The van der Waals surface area contributed by atoms with Gasteiger partial charge < -0.3 is 16.2 Å². The number of nitrogens with two attached hydrogens (primary N) is 1. The van der Waals surface area contributed by atoms with Crippen LogP contribution in [0.1, 0.15) is 5.69 Å². The van der Waals surface area contributed by atoms with Crippen molar-refractivity contribution >= 4 is 33.8 Å². The number of rotatable bonds is 4. The molecule has 2 rings (SSSR count). The number of anilines is 2. The third-order valence-electron chi connectivity index (χ3n) is 2.39. The van der Waals surface area contributed by atoms with Gasteiger partial charge in [-0.15, -0.1) is 11.3 Å². The van der Waals surface area contributed by atoms with Gasteiger partial charge in [-0.25, -0.2) is 4.98 Å². The van der Waals surface area contributed by atoms with Gasteiger partial charge in [0.25, 0.3) is 5.69 Å². The molecule has 1 heterocycles. The Labute approximate surface area is 117 Å². The first-order valence-electron chi connectivity index (χ1n) is 5.43. The highest BCUT2D eigenvalue weighted by Crippen LogP contribution is 2.33. The number of nitrogens with zero attached hydrogens (tertiary/aromatic N) is 2. The number of carbonyl (C=O) groups is 1. The number of benzene rings is 1. The fourth-order valence-electron chi connectivity index (χ4n) is 1.56. The first kappa shape index (κ1) is 13.7. The lowest BCUT2D eigenvalue weighted by molar-refractivity contribution is -0.384. The van der Waals surface area contributed by atoms with Crippen molar-refractivity contribution < 1.29 is 14.8 Å². The minimum Gasteiger partial charge on any atom is -0.505 e. The first-order valence-corrected chi connectivity index (χ1v) is 6.31. The van der Waals surface area contributed by atoms with E-state index in [9.17, 15) is 20.0 Å². The van der Waals surface area contributed by atoms with E-state index < -0.39 is 10.8 Å². The van der Waals surface area contributed by atoms with Crippen molar-refractivity contribution in [1.82, 2.24) is 4.98 Å². The Morgan fingerprint density at radius 2 is 2.30 bits per heavy atom. The highest BCUT2D eigenvalue weighted by molar-refractivity contribution is 7.13. The van der Waals surface area contributed by atoms with Crippen LogP contribution in [0.25, 0.3) is 0 Å². The van der Waals surface area contributed by atoms with Crippen LogP contribution in [0.4, 0.5) is 16.5 Å². The molecule has 2 aromatic rings. The second-order valence-corrected chi connectivity index (χ2v) is 4.72. The SMILES string of the molecule is Nc1nc(CC(=O)Nc2c(O)cccc2[N+](=O)[O-])cs1. The zero-order valence-corrected chi connectivity index (χ0v) is 10.9. The van der Waals surface area contributed by atoms with E-state index in [1.165, 1.54) is 29.5 Å². The fourth-order valence-corrected chi connectivity index (χ4v) is 2.12. The van der Waals surface area contributed by atoms with Crippen LogP contribution in [0.3, 0.4) is 0 Å². The normalized spacial score (nSPS) is 10.2. The number of amides is 1. The molecule has 9 heteroatoms. The lowest BCUT2D eigenvalue weighted by Crippen LogP contribution is -2.15. The van der Waals surface area contributed by atoms with Crippen LogP contribution in [-0.4, -0.2) is 20.9 Å². The van der Waals surface area contributed by atoms with Crippen molar-refractivity contribution in [2.45, 2.75) is 6.42 Å². The van der Waals surface area contributed by atoms with Gasteiger partial charge in [0, 0.05) is 11.4 Å². The van der Waals surface area contributed by atoms with Gasteiger partial charge in [0.05, 0.1) is 17.0 Å². The van der Waals surface area contributed by atoms with E-state index in [1.54, 1.807) is 5.38 Å². The summed E-state index contributed by atoms with van der Waals surface area (Å²) in [6.45, 7) is 0. The van der Waals surface area contributed by atoms with Gasteiger partial charge in [0.1, 0.15) is 5.75 Å². The third-order valence-corrected chi connectivity index (χ3v) is 3.12. The molecule has 0 bridgehead atoms. The summed E-state index contributed by atoms with van der Waals surface area (Å²) >= 11 is 1.19. The van der Waals surface area contributed by atoms with Gasteiger partial charge in [-0.05, 0) is 6.07 Å². The largest absolute Gasteiger partial charge is 0.505 e. The van der Waals surface area contributed by atoms with Crippen molar-refractivity contribution in [3.63, 3.8) is 0 Å². The number of carbonyl (C=O) groups excluding carboxylic acids is 1. The Bertz CT molecular complexity index is 670. The van der Waals surface area contributed by atoms with E-state index in [2.05, 4.69) is 10.3 Å². The molecule has 20 heavy (non-hydrogen) atoms.